The van der Waals surface area contributed by atoms with Gasteiger partial charge in [-0.25, -0.2) is 0 Å². The Kier molecular flexibility index (Phi) is 4.63. The Morgan fingerprint density at radius 3 is 2.58 bits per heavy atom. The Morgan fingerprint density at radius 2 is 2.05 bits per heavy atom. The second-order valence-electron chi connectivity index (χ2n) is 5.45. The van der Waals surface area contributed by atoms with E-state index in [2.05, 4.69) is 22.9 Å². The average molecular weight is 325 g/mol. The van der Waals surface area contributed by atoms with Gasteiger partial charge < -0.3 is 10.6 Å². The Hall–Kier alpha value is -0.870. The van der Waals surface area contributed by atoms with Crippen molar-refractivity contribution in [3.05, 3.63) is 33.8 Å². The molecule has 1 amide bonds. The van der Waals surface area contributed by atoms with Crippen molar-refractivity contribution in [1.82, 2.24) is 4.90 Å². The quantitative estimate of drug-likeness (QED) is 0.909. The molecule has 1 aliphatic heterocycles. The molecule has 1 aliphatic rings. The highest BCUT2D eigenvalue weighted by Gasteiger charge is 2.25. The number of carbonyl (C=O) groups is 1. The van der Waals surface area contributed by atoms with Gasteiger partial charge in [0.2, 0.25) is 0 Å². The Morgan fingerprint density at radius 1 is 1.42 bits per heavy atom. The highest BCUT2D eigenvalue weighted by molar-refractivity contribution is 9.10. The van der Waals surface area contributed by atoms with E-state index in [1.54, 1.807) is 0 Å². The van der Waals surface area contributed by atoms with Gasteiger partial charge in [0.25, 0.3) is 5.91 Å². The molecule has 4 heteroatoms. The van der Waals surface area contributed by atoms with Crippen molar-refractivity contribution in [3.63, 3.8) is 0 Å². The predicted octanol–water partition coefficient (Wildman–Crippen LogP) is 2.96. The van der Waals surface area contributed by atoms with E-state index >= 15 is 0 Å². The number of rotatable bonds is 2. The van der Waals surface area contributed by atoms with Crippen LogP contribution in [0.15, 0.2) is 22.7 Å². The molecule has 2 rings (SSSR count). The number of hydrogen-bond acceptors (Lipinski definition) is 2. The fraction of sp³-hybridized carbons (Fsp3) is 0.533. The first-order valence-corrected chi connectivity index (χ1v) is 7.59. The Bertz CT molecular complexity index is 465. The number of benzene rings is 1. The average Bonchev–Trinajstić information content (AvgIpc) is 2.41. The molecule has 1 saturated heterocycles. The van der Waals surface area contributed by atoms with Crippen molar-refractivity contribution < 1.29 is 4.79 Å². The minimum atomic E-state index is 0.138. The molecule has 1 unspecified atom stereocenters. The van der Waals surface area contributed by atoms with Crippen LogP contribution in [-0.2, 0) is 0 Å². The van der Waals surface area contributed by atoms with E-state index in [1.165, 1.54) is 0 Å². The molecule has 0 saturated carbocycles. The molecule has 0 aliphatic carbocycles. The van der Waals surface area contributed by atoms with Crippen LogP contribution in [0.3, 0.4) is 0 Å². The zero-order chi connectivity index (χ0) is 14.0. The van der Waals surface area contributed by atoms with Gasteiger partial charge in [-0.15, -0.1) is 0 Å². The van der Waals surface area contributed by atoms with Crippen molar-refractivity contribution in [1.29, 1.82) is 0 Å². The second-order valence-corrected chi connectivity index (χ2v) is 6.31. The van der Waals surface area contributed by atoms with Crippen molar-refractivity contribution in [2.45, 2.75) is 32.7 Å². The molecule has 1 fully saturated rings. The summed E-state index contributed by atoms with van der Waals surface area (Å²) in [6.07, 6.45) is 2.03. The molecular weight excluding hydrogens is 304 g/mol. The predicted molar refractivity (Wildman–Crippen MR) is 81.2 cm³/mol. The number of carbonyl (C=O) groups excluding carboxylic acids is 1. The monoisotopic (exact) mass is 324 g/mol. The Labute approximate surface area is 123 Å². The summed E-state index contributed by atoms with van der Waals surface area (Å²) >= 11 is 3.46. The zero-order valence-corrected chi connectivity index (χ0v) is 13.1. The van der Waals surface area contributed by atoms with Crippen LogP contribution in [-0.4, -0.2) is 29.9 Å². The van der Waals surface area contributed by atoms with Crippen molar-refractivity contribution in [2.24, 2.45) is 11.7 Å². The van der Waals surface area contributed by atoms with Gasteiger partial charge in [0.05, 0.1) is 0 Å². The molecule has 1 heterocycles. The molecule has 19 heavy (non-hydrogen) atoms. The maximum atomic E-state index is 12.4. The number of hydrogen-bond donors (Lipinski definition) is 1. The SMILES string of the molecule is Cc1cc(C(=O)N2CCC(C(C)N)CC2)ccc1Br. The second kappa shape index (κ2) is 6.06. The fourth-order valence-electron chi connectivity index (χ4n) is 2.59. The van der Waals surface area contributed by atoms with E-state index < -0.39 is 0 Å². The molecule has 104 valence electrons. The van der Waals surface area contributed by atoms with E-state index in [4.69, 9.17) is 5.73 Å². The number of nitrogens with two attached hydrogens (primary N) is 1. The van der Waals surface area contributed by atoms with E-state index in [1.807, 2.05) is 30.0 Å². The lowest BCUT2D eigenvalue weighted by atomic mass is 9.90. The van der Waals surface area contributed by atoms with Gasteiger partial charge in [-0.3, -0.25) is 4.79 Å². The zero-order valence-electron chi connectivity index (χ0n) is 11.5. The normalized spacial score (nSPS) is 18.4. The molecule has 2 N–H and O–H groups in total. The number of amides is 1. The molecule has 0 spiro atoms. The third-order valence-corrected chi connectivity index (χ3v) is 4.87. The van der Waals surface area contributed by atoms with E-state index in [9.17, 15) is 4.79 Å². The third kappa shape index (κ3) is 3.37. The summed E-state index contributed by atoms with van der Waals surface area (Å²) in [5.74, 6) is 0.689. The number of likely N-dealkylation sites (tertiary alicyclic amines) is 1. The number of halogens is 1. The largest absolute Gasteiger partial charge is 0.339 e. The van der Waals surface area contributed by atoms with Crippen molar-refractivity contribution in [2.75, 3.05) is 13.1 Å². The lowest BCUT2D eigenvalue weighted by Gasteiger charge is -2.33. The first-order chi connectivity index (χ1) is 8.99. The standard InChI is InChI=1S/C15H21BrN2O/c1-10-9-13(3-4-14(10)16)15(19)18-7-5-12(6-8-18)11(2)17/h3-4,9,11-12H,5-8,17H2,1-2H3. The number of aryl methyl sites for hydroxylation is 1. The Balaban J connectivity index is 2.03. The summed E-state index contributed by atoms with van der Waals surface area (Å²) in [5.41, 5.74) is 7.80. The maximum Gasteiger partial charge on any atom is 0.253 e. The first kappa shape index (κ1) is 14.5. The minimum Gasteiger partial charge on any atom is -0.339 e. The van der Waals surface area contributed by atoms with Crippen LogP contribution in [0.5, 0.6) is 0 Å². The maximum absolute atomic E-state index is 12.4. The number of nitrogens with zero attached hydrogens (tertiary/aromatic N) is 1. The van der Waals surface area contributed by atoms with Gasteiger partial charge in [0, 0.05) is 29.2 Å². The third-order valence-electron chi connectivity index (χ3n) is 3.98. The summed E-state index contributed by atoms with van der Waals surface area (Å²) in [4.78, 5) is 14.4. The van der Waals surface area contributed by atoms with Gasteiger partial charge in [-0.2, -0.15) is 0 Å². The molecule has 1 atom stereocenters. The van der Waals surface area contributed by atoms with Crippen LogP contribution < -0.4 is 5.73 Å². The van der Waals surface area contributed by atoms with Crippen LogP contribution in [0.4, 0.5) is 0 Å². The topological polar surface area (TPSA) is 46.3 Å². The number of piperidine rings is 1. The van der Waals surface area contributed by atoms with Crippen LogP contribution in [0.1, 0.15) is 35.7 Å². The van der Waals surface area contributed by atoms with Gasteiger partial charge in [0.15, 0.2) is 0 Å². The molecule has 1 aromatic rings. The molecule has 0 bridgehead atoms. The highest BCUT2D eigenvalue weighted by atomic mass is 79.9. The van der Waals surface area contributed by atoms with E-state index in [-0.39, 0.29) is 11.9 Å². The molecule has 0 aromatic heterocycles. The van der Waals surface area contributed by atoms with Crippen LogP contribution in [0, 0.1) is 12.8 Å². The molecule has 3 nitrogen and oxygen atoms in total. The first-order valence-electron chi connectivity index (χ1n) is 6.80. The fourth-order valence-corrected chi connectivity index (χ4v) is 2.84. The van der Waals surface area contributed by atoms with Gasteiger partial charge in [-0.05, 0) is 56.4 Å². The van der Waals surface area contributed by atoms with Crippen LogP contribution in [0.25, 0.3) is 0 Å². The van der Waals surface area contributed by atoms with Crippen LogP contribution >= 0.6 is 15.9 Å². The minimum absolute atomic E-state index is 0.138. The summed E-state index contributed by atoms with van der Waals surface area (Å²) < 4.78 is 1.04. The van der Waals surface area contributed by atoms with Crippen molar-refractivity contribution >= 4 is 21.8 Å². The van der Waals surface area contributed by atoms with E-state index in [0.717, 1.165) is 41.5 Å². The van der Waals surface area contributed by atoms with Crippen molar-refractivity contribution in [3.8, 4) is 0 Å². The van der Waals surface area contributed by atoms with Gasteiger partial charge in [-0.1, -0.05) is 15.9 Å². The molecular formula is C15H21BrN2O. The summed E-state index contributed by atoms with van der Waals surface area (Å²) in [6.45, 7) is 5.70. The van der Waals surface area contributed by atoms with Crippen LogP contribution in [0.2, 0.25) is 0 Å². The lowest BCUT2D eigenvalue weighted by molar-refractivity contribution is 0.0681. The summed E-state index contributed by atoms with van der Waals surface area (Å²) in [5, 5.41) is 0. The molecule has 1 aromatic carbocycles. The lowest BCUT2D eigenvalue weighted by Crippen LogP contribution is -2.42. The smallest absolute Gasteiger partial charge is 0.253 e. The summed E-state index contributed by atoms with van der Waals surface area (Å²) in [7, 11) is 0. The molecule has 0 radical (unpaired) electrons. The van der Waals surface area contributed by atoms with E-state index in [0.29, 0.717) is 5.92 Å². The summed E-state index contributed by atoms with van der Waals surface area (Å²) in [6, 6.07) is 6.01. The van der Waals surface area contributed by atoms with Gasteiger partial charge in [0.1, 0.15) is 0 Å². The highest BCUT2D eigenvalue weighted by Crippen LogP contribution is 2.22. The van der Waals surface area contributed by atoms with Gasteiger partial charge >= 0.3 is 0 Å².